The smallest absolute Gasteiger partial charge is 0.0573 e. The Kier molecular flexibility index (Phi) is 2.43. The lowest BCUT2D eigenvalue weighted by molar-refractivity contribution is 1.14. The Morgan fingerprint density at radius 3 is 2.13 bits per heavy atom. The fourth-order valence-electron chi connectivity index (χ4n) is 2.37. The molecule has 0 saturated heterocycles. The van der Waals surface area contributed by atoms with E-state index in [2.05, 4.69) is 62.6 Å². The predicted molar refractivity (Wildman–Crippen MR) is 70.7 cm³/mol. The average Bonchev–Trinajstić information content (AvgIpc) is 2.12. The van der Waals surface area contributed by atoms with Gasteiger partial charge in [-0.1, -0.05) is 68.2 Å². The number of hydrogen-bond donors (Lipinski definition) is 0. The molecule has 1 heteroatoms. The molecule has 1 aromatic rings. The third-order valence-electron chi connectivity index (χ3n) is 3.00. The Labute approximate surface area is 93.3 Å². The standard InChI is InChI=1S/C14H18Si/c1-11-10-13(14(11)15(2,3)4)12-8-6-5-7-9-12/h5-10,14H,1H2,2-4H3. The Bertz CT molecular complexity index is 407. The van der Waals surface area contributed by atoms with Crippen LogP contribution in [-0.4, -0.2) is 8.07 Å². The van der Waals surface area contributed by atoms with Crippen LogP contribution in [0.1, 0.15) is 5.56 Å². The molecule has 1 aromatic carbocycles. The zero-order valence-corrected chi connectivity index (χ0v) is 10.7. The molecule has 0 fully saturated rings. The molecule has 0 aromatic heterocycles. The van der Waals surface area contributed by atoms with Crippen molar-refractivity contribution in [1.82, 2.24) is 0 Å². The molecule has 1 atom stereocenters. The van der Waals surface area contributed by atoms with E-state index in [-0.39, 0.29) is 0 Å². The van der Waals surface area contributed by atoms with Gasteiger partial charge in [0.2, 0.25) is 0 Å². The van der Waals surface area contributed by atoms with Gasteiger partial charge in [-0.2, -0.15) is 0 Å². The van der Waals surface area contributed by atoms with E-state index < -0.39 is 8.07 Å². The molecule has 0 heterocycles. The maximum absolute atomic E-state index is 4.14. The van der Waals surface area contributed by atoms with Gasteiger partial charge in [0.1, 0.15) is 0 Å². The summed E-state index contributed by atoms with van der Waals surface area (Å²) in [5, 5.41) is 0. The van der Waals surface area contributed by atoms with E-state index >= 15 is 0 Å². The first-order chi connectivity index (χ1) is 7.00. The van der Waals surface area contributed by atoms with E-state index in [9.17, 15) is 0 Å². The maximum Gasteiger partial charge on any atom is 0.0573 e. The third-order valence-corrected chi connectivity index (χ3v) is 5.41. The summed E-state index contributed by atoms with van der Waals surface area (Å²) in [6, 6.07) is 10.7. The van der Waals surface area contributed by atoms with Crippen molar-refractivity contribution in [3.05, 3.63) is 54.1 Å². The van der Waals surface area contributed by atoms with E-state index in [1.807, 2.05) is 0 Å². The molecule has 0 aliphatic heterocycles. The van der Waals surface area contributed by atoms with Gasteiger partial charge >= 0.3 is 0 Å². The zero-order chi connectivity index (χ0) is 11.1. The van der Waals surface area contributed by atoms with Crippen LogP contribution in [0, 0.1) is 0 Å². The topological polar surface area (TPSA) is 0 Å². The second kappa shape index (κ2) is 3.49. The Morgan fingerprint density at radius 1 is 1.07 bits per heavy atom. The summed E-state index contributed by atoms with van der Waals surface area (Å²) in [7, 11) is -1.15. The van der Waals surface area contributed by atoms with Crippen molar-refractivity contribution < 1.29 is 0 Å². The molecule has 1 unspecified atom stereocenters. The lowest BCUT2D eigenvalue weighted by Crippen LogP contribution is -2.33. The Balaban J connectivity index is 2.34. The van der Waals surface area contributed by atoms with Crippen LogP contribution in [0.15, 0.2) is 48.6 Å². The normalized spacial score (nSPS) is 20.9. The summed E-state index contributed by atoms with van der Waals surface area (Å²) in [5.74, 6) is 0. The van der Waals surface area contributed by atoms with Gasteiger partial charge in [-0.3, -0.25) is 0 Å². The van der Waals surface area contributed by atoms with Crippen molar-refractivity contribution in [3.8, 4) is 0 Å². The number of hydrogen-bond acceptors (Lipinski definition) is 0. The molecule has 1 aliphatic rings. The third kappa shape index (κ3) is 1.84. The molecule has 78 valence electrons. The molecule has 0 radical (unpaired) electrons. The van der Waals surface area contributed by atoms with E-state index in [1.165, 1.54) is 16.7 Å². The molecule has 2 rings (SSSR count). The molecule has 0 saturated carbocycles. The number of rotatable bonds is 2. The molecule has 0 amide bonds. The van der Waals surface area contributed by atoms with Gasteiger partial charge in [-0.05, 0) is 11.1 Å². The number of allylic oxidation sites excluding steroid dienone is 3. The fraction of sp³-hybridized carbons (Fsp3) is 0.286. The minimum Gasteiger partial charge on any atom is -0.0955 e. The molecule has 0 nitrogen and oxygen atoms in total. The molecule has 0 N–H and O–H groups in total. The SMILES string of the molecule is C=C1C=C(c2ccccc2)C1[Si](C)(C)C. The minimum atomic E-state index is -1.15. The van der Waals surface area contributed by atoms with Gasteiger partial charge in [-0.25, -0.2) is 0 Å². The summed E-state index contributed by atoms with van der Waals surface area (Å²) in [5.41, 5.74) is 4.85. The van der Waals surface area contributed by atoms with Crippen LogP contribution in [0.2, 0.25) is 25.2 Å². The van der Waals surface area contributed by atoms with E-state index in [1.54, 1.807) is 0 Å². The Morgan fingerprint density at radius 2 is 1.67 bits per heavy atom. The quantitative estimate of drug-likeness (QED) is 0.642. The number of benzene rings is 1. The second-order valence-electron chi connectivity index (χ2n) is 5.34. The van der Waals surface area contributed by atoms with Crippen LogP contribution in [0.25, 0.3) is 5.57 Å². The summed E-state index contributed by atoms with van der Waals surface area (Å²) in [6.45, 7) is 11.4. The highest BCUT2D eigenvalue weighted by Gasteiger charge is 2.37. The van der Waals surface area contributed by atoms with Crippen LogP contribution >= 0.6 is 0 Å². The molecule has 15 heavy (non-hydrogen) atoms. The van der Waals surface area contributed by atoms with Gasteiger partial charge < -0.3 is 0 Å². The first-order valence-corrected chi connectivity index (χ1v) is 9.03. The van der Waals surface area contributed by atoms with Crippen LogP contribution in [0.4, 0.5) is 0 Å². The summed E-state index contributed by atoms with van der Waals surface area (Å²) in [6.07, 6.45) is 2.25. The van der Waals surface area contributed by atoms with Crippen LogP contribution < -0.4 is 0 Å². The largest absolute Gasteiger partial charge is 0.0955 e. The maximum atomic E-state index is 4.14. The lowest BCUT2D eigenvalue weighted by Gasteiger charge is -2.39. The zero-order valence-electron chi connectivity index (χ0n) is 9.75. The van der Waals surface area contributed by atoms with Crippen molar-refractivity contribution >= 4 is 13.6 Å². The minimum absolute atomic E-state index is 0.653. The molecular formula is C14H18Si. The first kappa shape index (κ1) is 10.4. The Hall–Kier alpha value is -1.08. The summed E-state index contributed by atoms with van der Waals surface area (Å²) in [4.78, 5) is 0. The predicted octanol–water partition coefficient (Wildman–Crippen LogP) is 4.35. The van der Waals surface area contributed by atoms with Crippen molar-refractivity contribution in [2.45, 2.75) is 25.2 Å². The second-order valence-corrected chi connectivity index (χ2v) is 10.6. The average molecular weight is 214 g/mol. The molecule has 0 spiro atoms. The monoisotopic (exact) mass is 214 g/mol. The van der Waals surface area contributed by atoms with Gasteiger partial charge in [0.05, 0.1) is 8.07 Å². The first-order valence-electron chi connectivity index (χ1n) is 5.46. The van der Waals surface area contributed by atoms with Gasteiger partial charge in [0.25, 0.3) is 0 Å². The highest BCUT2D eigenvalue weighted by molar-refractivity contribution is 6.80. The molecule has 0 bridgehead atoms. The van der Waals surface area contributed by atoms with Crippen molar-refractivity contribution in [1.29, 1.82) is 0 Å². The highest BCUT2D eigenvalue weighted by Crippen LogP contribution is 2.49. The van der Waals surface area contributed by atoms with Gasteiger partial charge in [0.15, 0.2) is 0 Å². The van der Waals surface area contributed by atoms with E-state index in [0.29, 0.717) is 5.54 Å². The van der Waals surface area contributed by atoms with E-state index in [4.69, 9.17) is 0 Å². The van der Waals surface area contributed by atoms with E-state index in [0.717, 1.165) is 0 Å². The fourth-order valence-corrected chi connectivity index (χ4v) is 4.75. The van der Waals surface area contributed by atoms with Crippen molar-refractivity contribution in [3.63, 3.8) is 0 Å². The highest BCUT2D eigenvalue weighted by atomic mass is 28.3. The van der Waals surface area contributed by atoms with Gasteiger partial charge in [-0.15, -0.1) is 0 Å². The molecular weight excluding hydrogens is 196 g/mol. The van der Waals surface area contributed by atoms with Crippen molar-refractivity contribution in [2.24, 2.45) is 0 Å². The lowest BCUT2D eigenvalue weighted by atomic mass is 9.87. The molecule has 1 aliphatic carbocycles. The van der Waals surface area contributed by atoms with Crippen LogP contribution in [-0.2, 0) is 0 Å². The van der Waals surface area contributed by atoms with Crippen LogP contribution in [0.5, 0.6) is 0 Å². The summed E-state index contributed by atoms with van der Waals surface area (Å²) < 4.78 is 0. The van der Waals surface area contributed by atoms with Crippen molar-refractivity contribution in [2.75, 3.05) is 0 Å². The summed E-state index contributed by atoms with van der Waals surface area (Å²) >= 11 is 0. The van der Waals surface area contributed by atoms with Crippen LogP contribution in [0.3, 0.4) is 0 Å². The van der Waals surface area contributed by atoms with Gasteiger partial charge in [0, 0.05) is 5.54 Å².